The van der Waals surface area contributed by atoms with E-state index in [9.17, 15) is 15.8 Å². The molecule has 1 aromatic heterocycles. The molecule has 0 unspecified atom stereocenters. The highest BCUT2D eigenvalue weighted by molar-refractivity contribution is 7.10. The zero-order valence-corrected chi connectivity index (χ0v) is 13.6. The van der Waals surface area contributed by atoms with Crippen molar-refractivity contribution in [1.29, 1.82) is 21.2 Å². The molecule has 3 aliphatic rings. The minimum absolute atomic E-state index is 0.293. The fourth-order valence-electron chi connectivity index (χ4n) is 4.56. The maximum atomic E-state index is 10.1. The summed E-state index contributed by atoms with van der Waals surface area (Å²) >= 11 is 1.38. The quantitative estimate of drug-likeness (QED) is 0.844. The lowest BCUT2D eigenvalue weighted by atomic mass is 9.52. The molecule has 2 saturated heterocycles. The Bertz CT molecular complexity index is 816. The Kier molecular flexibility index (Phi) is 3.03. The summed E-state index contributed by atoms with van der Waals surface area (Å²) in [5, 5.41) is 40.2. The molecular weight excluding hydrogens is 324 g/mol. The van der Waals surface area contributed by atoms with Gasteiger partial charge in [-0.2, -0.15) is 15.8 Å². The highest BCUT2D eigenvalue weighted by Crippen LogP contribution is 2.69. The van der Waals surface area contributed by atoms with Crippen LogP contribution in [0.1, 0.15) is 36.7 Å². The number of hydrogen-bond acceptors (Lipinski definition) is 7. The normalized spacial score (nSPS) is 39.0. The number of thiophene rings is 1. The van der Waals surface area contributed by atoms with Gasteiger partial charge in [0.15, 0.2) is 5.41 Å². The van der Waals surface area contributed by atoms with E-state index >= 15 is 0 Å². The molecule has 1 aliphatic carbocycles. The molecule has 2 aliphatic heterocycles. The molecule has 0 aromatic carbocycles. The van der Waals surface area contributed by atoms with E-state index in [1.165, 1.54) is 11.3 Å². The van der Waals surface area contributed by atoms with E-state index in [4.69, 9.17) is 14.9 Å². The lowest BCUT2D eigenvalue weighted by Crippen LogP contribution is -2.60. The monoisotopic (exact) mass is 338 g/mol. The Morgan fingerprint density at radius 2 is 2.00 bits per heavy atom. The molecule has 3 heterocycles. The van der Waals surface area contributed by atoms with Crippen molar-refractivity contribution in [1.82, 2.24) is 0 Å². The molecule has 0 spiro atoms. The van der Waals surface area contributed by atoms with Crippen LogP contribution in [0.3, 0.4) is 0 Å². The molecule has 24 heavy (non-hydrogen) atoms. The summed E-state index contributed by atoms with van der Waals surface area (Å²) < 4.78 is 12.1. The van der Waals surface area contributed by atoms with Gasteiger partial charge in [0.25, 0.3) is 0 Å². The Morgan fingerprint density at radius 3 is 2.62 bits per heavy atom. The van der Waals surface area contributed by atoms with E-state index in [0.29, 0.717) is 17.7 Å². The van der Waals surface area contributed by atoms with Crippen molar-refractivity contribution in [3.8, 4) is 18.2 Å². The number of ether oxygens (including phenoxy) is 2. The third-order valence-electron chi connectivity index (χ3n) is 5.62. The van der Waals surface area contributed by atoms with Gasteiger partial charge in [0.2, 0.25) is 17.1 Å². The molecule has 1 N–H and O–H groups in total. The van der Waals surface area contributed by atoms with Gasteiger partial charge in [-0.15, -0.1) is 11.3 Å². The summed E-state index contributed by atoms with van der Waals surface area (Å²) in [6.45, 7) is 0. The van der Waals surface area contributed by atoms with Gasteiger partial charge in [0.1, 0.15) is 6.10 Å². The van der Waals surface area contributed by atoms with Gasteiger partial charge < -0.3 is 9.47 Å². The van der Waals surface area contributed by atoms with Gasteiger partial charge >= 0.3 is 0 Å². The first kappa shape index (κ1) is 15.1. The molecule has 6 nitrogen and oxygen atoms in total. The molecule has 1 saturated carbocycles. The number of nitriles is 3. The zero-order chi connectivity index (χ0) is 17.0. The van der Waals surface area contributed by atoms with Crippen molar-refractivity contribution in [3.05, 3.63) is 22.4 Å². The Labute approximate surface area is 143 Å². The van der Waals surface area contributed by atoms with Gasteiger partial charge in [-0.3, -0.25) is 5.41 Å². The fourth-order valence-corrected chi connectivity index (χ4v) is 5.37. The Balaban J connectivity index is 2.02. The number of rotatable bonds is 1. The molecule has 2 bridgehead atoms. The highest BCUT2D eigenvalue weighted by Gasteiger charge is 2.80. The summed E-state index contributed by atoms with van der Waals surface area (Å²) in [6.07, 6.45) is 2.02. The highest BCUT2D eigenvalue weighted by atomic mass is 32.1. The van der Waals surface area contributed by atoms with Gasteiger partial charge in [-0.1, -0.05) is 12.5 Å². The molecule has 7 heteroatoms. The van der Waals surface area contributed by atoms with Crippen LogP contribution in [0.5, 0.6) is 0 Å². The first-order valence-corrected chi connectivity index (χ1v) is 8.71. The first-order valence-electron chi connectivity index (χ1n) is 7.83. The van der Waals surface area contributed by atoms with Crippen molar-refractivity contribution >= 4 is 17.2 Å². The number of nitrogens with zero attached hydrogens (tertiary/aromatic N) is 3. The smallest absolute Gasteiger partial charge is 0.217 e. The van der Waals surface area contributed by atoms with Crippen LogP contribution < -0.4 is 0 Å². The van der Waals surface area contributed by atoms with E-state index in [1.54, 1.807) is 6.07 Å². The van der Waals surface area contributed by atoms with E-state index < -0.39 is 28.6 Å². The maximum absolute atomic E-state index is 10.1. The van der Waals surface area contributed by atoms with Crippen LogP contribution in [-0.4, -0.2) is 11.7 Å². The third kappa shape index (κ3) is 1.44. The van der Waals surface area contributed by atoms with Crippen molar-refractivity contribution in [2.24, 2.45) is 16.7 Å². The second kappa shape index (κ2) is 4.80. The summed E-state index contributed by atoms with van der Waals surface area (Å²) in [6, 6.07) is 9.91. The van der Waals surface area contributed by atoms with E-state index in [0.717, 1.165) is 12.8 Å². The SMILES string of the molecule is N#CC1(C#N)[C@@H](c2cccs2)O[C@@]23CCCC[C@@H]2[C@@]1(C#N)C(=N)O3. The molecule has 3 fully saturated rings. The molecule has 0 radical (unpaired) electrons. The van der Waals surface area contributed by atoms with Gasteiger partial charge in [-0.25, -0.2) is 0 Å². The third-order valence-corrected chi connectivity index (χ3v) is 6.53. The van der Waals surface area contributed by atoms with Crippen LogP contribution in [0.15, 0.2) is 17.5 Å². The number of hydrogen-bond donors (Lipinski definition) is 1. The molecule has 0 amide bonds. The molecular formula is C17H14N4O2S. The zero-order valence-electron chi connectivity index (χ0n) is 12.8. The van der Waals surface area contributed by atoms with Crippen LogP contribution in [0.4, 0.5) is 0 Å². The van der Waals surface area contributed by atoms with Gasteiger partial charge in [-0.05, 0) is 24.3 Å². The van der Waals surface area contributed by atoms with Gasteiger partial charge in [0.05, 0.1) is 24.1 Å². The van der Waals surface area contributed by atoms with E-state index in [1.807, 2.05) is 11.4 Å². The van der Waals surface area contributed by atoms with Crippen molar-refractivity contribution < 1.29 is 9.47 Å². The second-order valence-corrected chi connectivity index (χ2v) is 7.49. The number of nitrogens with one attached hydrogen (secondary N) is 1. The van der Waals surface area contributed by atoms with Crippen molar-refractivity contribution in [2.45, 2.75) is 37.6 Å². The lowest BCUT2D eigenvalue weighted by Gasteiger charge is -2.51. The minimum Gasteiger partial charge on any atom is -0.447 e. The van der Waals surface area contributed by atoms with Crippen LogP contribution in [0.2, 0.25) is 0 Å². The topological polar surface area (TPSA) is 114 Å². The fraction of sp³-hybridized carbons (Fsp3) is 0.529. The van der Waals surface area contributed by atoms with Crippen LogP contribution >= 0.6 is 11.3 Å². The van der Waals surface area contributed by atoms with Crippen LogP contribution in [0.25, 0.3) is 0 Å². The van der Waals surface area contributed by atoms with Crippen LogP contribution in [-0.2, 0) is 9.47 Å². The van der Waals surface area contributed by atoms with Crippen molar-refractivity contribution in [3.63, 3.8) is 0 Å². The summed E-state index contributed by atoms with van der Waals surface area (Å²) in [5.41, 5.74) is -3.39. The minimum atomic E-state index is -1.80. The molecule has 4 atom stereocenters. The average Bonchev–Trinajstić information content (AvgIpc) is 3.19. The first-order chi connectivity index (χ1) is 11.6. The Hall–Kier alpha value is -2.40. The lowest BCUT2D eigenvalue weighted by molar-refractivity contribution is -0.293. The Morgan fingerprint density at radius 1 is 1.21 bits per heavy atom. The van der Waals surface area contributed by atoms with Crippen molar-refractivity contribution in [2.75, 3.05) is 0 Å². The van der Waals surface area contributed by atoms with Crippen LogP contribution in [0, 0.1) is 56.2 Å². The summed E-state index contributed by atoms with van der Waals surface area (Å²) in [4.78, 5) is 0.708. The van der Waals surface area contributed by atoms with Gasteiger partial charge in [0, 0.05) is 11.3 Å². The predicted octanol–water partition coefficient (Wildman–Crippen LogP) is 3.26. The summed E-state index contributed by atoms with van der Waals surface area (Å²) in [7, 11) is 0. The largest absolute Gasteiger partial charge is 0.447 e. The standard InChI is InChI=1S/C17H14N4O2S/c18-8-15(9-19)13(11-4-3-7-24-11)22-17-6-2-1-5-12(17)16(15,10-20)14(21)23-17/h3-4,7,12-13,21H,1-2,5-6H2/t12-,13-,16+,17-/m1/s1. The van der Waals surface area contributed by atoms with E-state index in [2.05, 4.69) is 18.2 Å². The summed E-state index contributed by atoms with van der Waals surface area (Å²) in [5.74, 6) is -1.83. The molecule has 120 valence electrons. The maximum Gasteiger partial charge on any atom is 0.217 e. The second-order valence-electron chi connectivity index (χ2n) is 6.51. The molecule has 1 aromatic rings. The molecule has 4 rings (SSSR count). The van der Waals surface area contributed by atoms with E-state index in [-0.39, 0.29) is 5.90 Å². The predicted molar refractivity (Wildman–Crippen MR) is 83.4 cm³/mol. The average molecular weight is 338 g/mol.